The number of methoxy groups -OCH3 is 3. The van der Waals surface area contributed by atoms with Crippen LogP contribution in [0.15, 0.2) is 85.3 Å². The van der Waals surface area contributed by atoms with Gasteiger partial charge in [-0.2, -0.15) is 5.10 Å². The molecular formula is C32H34FN5O4. The van der Waals surface area contributed by atoms with E-state index in [1.165, 1.54) is 6.33 Å². The van der Waals surface area contributed by atoms with Gasteiger partial charge in [-0.25, -0.2) is 18.9 Å². The van der Waals surface area contributed by atoms with Crippen LogP contribution in [-0.2, 0) is 30.9 Å². The van der Waals surface area contributed by atoms with Crippen LogP contribution >= 0.6 is 0 Å². The van der Waals surface area contributed by atoms with E-state index in [4.69, 9.17) is 18.9 Å². The summed E-state index contributed by atoms with van der Waals surface area (Å²) in [4.78, 5) is 11.4. The van der Waals surface area contributed by atoms with Crippen LogP contribution in [0.2, 0.25) is 0 Å². The molecule has 9 nitrogen and oxygen atoms in total. The molecule has 10 heteroatoms. The molecule has 0 aliphatic rings. The highest BCUT2D eigenvalue weighted by atomic mass is 19.1. The molecule has 0 aliphatic heterocycles. The van der Waals surface area contributed by atoms with E-state index < -0.39 is 12.8 Å². The molecule has 2 heterocycles. The van der Waals surface area contributed by atoms with E-state index in [-0.39, 0.29) is 6.61 Å². The topological polar surface area (TPSA) is 83.2 Å². The van der Waals surface area contributed by atoms with Crippen LogP contribution in [0.3, 0.4) is 0 Å². The van der Waals surface area contributed by atoms with Gasteiger partial charge in [0.15, 0.2) is 11.5 Å². The van der Waals surface area contributed by atoms with Gasteiger partial charge in [0, 0.05) is 19.5 Å². The summed E-state index contributed by atoms with van der Waals surface area (Å²) in [5.41, 5.74) is 4.42. The molecule has 0 aliphatic carbocycles. The minimum Gasteiger partial charge on any atom is -0.497 e. The number of hydrogen-bond acceptors (Lipinski definition) is 8. The Bertz CT molecular complexity index is 1510. The van der Waals surface area contributed by atoms with Gasteiger partial charge in [0.1, 0.15) is 30.3 Å². The molecule has 1 unspecified atom stereocenters. The second kappa shape index (κ2) is 13.8. The van der Waals surface area contributed by atoms with Crippen LogP contribution in [0.4, 0.5) is 10.2 Å². The first-order valence-corrected chi connectivity index (χ1v) is 13.6. The first kappa shape index (κ1) is 28.8. The highest BCUT2D eigenvalue weighted by Gasteiger charge is 2.20. The quantitative estimate of drug-likeness (QED) is 0.174. The van der Waals surface area contributed by atoms with Crippen molar-refractivity contribution >= 4 is 11.5 Å². The maximum absolute atomic E-state index is 14.0. The van der Waals surface area contributed by atoms with Gasteiger partial charge < -0.3 is 23.8 Å². The minimum atomic E-state index is -0.653. The van der Waals surface area contributed by atoms with Crippen LogP contribution in [0.25, 0.3) is 5.65 Å². The fourth-order valence-electron chi connectivity index (χ4n) is 4.65. The van der Waals surface area contributed by atoms with Gasteiger partial charge in [0.25, 0.3) is 0 Å². The van der Waals surface area contributed by atoms with Crippen LogP contribution in [-0.4, -0.2) is 53.7 Å². The Morgan fingerprint density at radius 2 is 1.26 bits per heavy atom. The van der Waals surface area contributed by atoms with Crippen molar-refractivity contribution in [1.29, 1.82) is 0 Å². The third-order valence-electron chi connectivity index (χ3n) is 6.97. The van der Waals surface area contributed by atoms with E-state index in [0.29, 0.717) is 31.0 Å². The third kappa shape index (κ3) is 6.95. The SMILES string of the molecule is COc1ccc(COC(CF)Cc2cnc3c(N(Cc4ccc(OC)cc4)Cc4ccc(OC)cc4)ncnn23)cc1. The fourth-order valence-corrected chi connectivity index (χ4v) is 4.65. The van der Waals surface area contributed by atoms with Gasteiger partial charge in [-0.3, -0.25) is 0 Å². The van der Waals surface area contributed by atoms with Gasteiger partial charge in [-0.05, 0) is 53.1 Å². The number of fused-ring (bicyclic) bond motifs is 1. The summed E-state index contributed by atoms with van der Waals surface area (Å²) in [7, 11) is 4.92. The molecular weight excluding hydrogens is 537 g/mol. The smallest absolute Gasteiger partial charge is 0.197 e. The molecule has 218 valence electrons. The number of imidazole rings is 1. The van der Waals surface area contributed by atoms with E-state index in [0.717, 1.165) is 39.6 Å². The molecule has 0 N–H and O–H groups in total. The molecule has 0 saturated heterocycles. The van der Waals surface area contributed by atoms with Crippen molar-refractivity contribution < 1.29 is 23.3 Å². The predicted molar refractivity (Wildman–Crippen MR) is 158 cm³/mol. The van der Waals surface area contributed by atoms with Crippen molar-refractivity contribution in [2.45, 2.75) is 32.2 Å². The maximum atomic E-state index is 14.0. The van der Waals surface area contributed by atoms with Gasteiger partial charge >= 0.3 is 0 Å². The second-order valence-corrected chi connectivity index (χ2v) is 9.76. The summed E-state index contributed by atoms with van der Waals surface area (Å²) >= 11 is 0. The molecule has 0 fully saturated rings. The number of aromatic nitrogens is 4. The van der Waals surface area contributed by atoms with Crippen LogP contribution < -0.4 is 19.1 Å². The Morgan fingerprint density at radius 3 is 1.76 bits per heavy atom. The Kier molecular flexibility index (Phi) is 9.45. The predicted octanol–water partition coefficient (Wildman–Crippen LogP) is 5.45. The summed E-state index contributed by atoms with van der Waals surface area (Å²) < 4.78 is 37.5. The van der Waals surface area contributed by atoms with E-state index >= 15 is 0 Å². The summed E-state index contributed by atoms with van der Waals surface area (Å²) in [5.74, 6) is 3.01. The average Bonchev–Trinajstić information content (AvgIpc) is 3.46. The maximum Gasteiger partial charge on any atom is 0.197 e. The van der Waals surface area contributed by atoms with Crippen molar-refractivity contribution in [3.8, 4) is 17.2 Å². The number of rotatable bonds is 14. The molecule has 3 aromatic carbocycles. The molecule has 1 atom stereocenters. The number of hydrogen-bond donors (Lipinski definition) is 0. The van der Waals surface area contributed by atoms with E-state index in [1.807, 2.05) is 72.8 Å². The number of nitrogens with zero attached hydrogens (tertiary/aromatic N) is 5. The zero-order chi connectivity index (χ0) is 29.3. The van der Waals surface area contributed by atoms with E-state index in [2.05, 4.69) is 20.0 Å². The van der Waals surface area contributed by atoms with E-state index in [9.17, 15) is 4.39 Å². The molecule has 0 bridgehead atoms. The van der Waals surface area contributed by atoms with Crippen molar-refractivity contribution in [2.24, 2.45) is 0 Å². The third-order valence-corrected chi connectivity index (χ3v) is 6.97. The van der Waals surface area contributed by atoms with Crippen molar-refractivity contribution in [3.63, 3.8) is 0 Å². The van der Waals surface area contributed by atoms with Crippen molar-refractivity contribution in [1.82, 2.24) is 19.6 Å². The van der Waals surface area contributed by atoms with Gasteiger partial charge in [-0.15, -0.1) is 0 Å². The normalized spacial score (nSPS) is 11.8. The number of ether oxygens (including phenoxy) is 4. The molecule has 0 saturated carbocycles. The second-order valence-electron chi connectivity index (χ2n) is 9.76. The molecule has 5 rings (SSSR count). The highest BCUT2D eigenvalue weighted by molar-refractivity contribution is 5.64. The highest BCUT2D eigenvalue weighted by Crippen LogP contribution is 2.25. The lowest BCUT2D eigenvalue weighted by molar-refractivity contribution is 0.0237. The van der Waals surface area contributed by atoms with E-state index in [1.54, 1.807) is 32.0 Å². The summed E-state index contributed by atoms with van der Waals surface area (Å²) in [5, 5.41) is 4.46. The Hall–Kier alpha value is -4.70. The largest absolute Gasteiger partial charge is 0.497 e. The molecule has 0 radical (unpaired) electrons. The standard InChI is InChI=1S/C32H34FN5O4/c1-39-27-10-4-23(5-11-27)19-37(20-24-6-12-28(40-2)13-7-24)31-32-34-18-26(38(32)36-22-35-31)16-30(17-33)42-21-25-8-14-29(41-3)15-9-25/h4-15,18,22,30H,16-17,19-21H2,1-3H3. The lowest BCUT2D eigenvalue weighted by Gasteiger charge is -2.24. The summed E-state index contributed by atoms with van der Waals surface area (Å²) in [6.07, 6.45) is 2.87. The van der Waals surface area contributed by atoms with Crippen LogP contribution in [0.1, 0.15) is 22.4 Å². The van der Waals surface area contributed by atoms with Crippen LogP contribution in [0, 0.1) is 0 Å². The fraction of sp³-hybridized carbons (Fsp3) is 0.281. The molecule has 0 amide bonds. The lowest BCUT2D eigenvalue weighted by Crippen LogP contribution is -2.24. The lowest BCUT2D eigenvalue weighted by atomic mass is 10.1. The zero-order valence-corrected chi connectivity index (χ0v) is 23.9. The summed E-state index contributed by atoms with van der Waals surface area (Å²) in [6.45, 7) is 0.793. The Balaban J connectivity index is 1.38. The number of alkyl halides is 1. The number of benzene rings is 3. The Labute approximate surface area is 244 Å². The summed E-state index contributed by atoms with van der Waals surface area (Å²) in [6, 6.07) is 23.4. The first-order chi connectivity index (χ1) is 20.6. The van der Waals surface area contributed by atoms with Gasteiger partial charge in [0.05, 0.1) is 45.9 Å². The molecule has 0 spiro atoms. The number of halogens is 1. The van der Waals surface area contributed by atoms with Crippen LogP contribution in [0.5, 0.6) is 17.2 Å². The zero-order valence-electron chi connectivity index (χ0n) is 23.9. The van der Waals surface area contributed by atoms with Crippen molar-refractivity contribution in [2.75, 3.05) is 32.9 Å². The minimum absolute atomic E-state index is 0.285. The monoisotopic (exact) mass is 571 g/mol. The Morgan fingerprint density at radius 1 is 0.738 bits per heavy atom. The molecule has 42 heavy (non-hydrogen) atoms. The first-order valence-electron chi connectivity index (χ1n) is 13.6. The average molecular weight is 572 g/mol. The molecule has 2 aromatic heterocycles. The molecule has 5 aromatic rings. The van der Waals surface area contributed by atoms with Gasteiger partial charge in [-0.1, -0.05) is 36.4 Å². The van der Waals surface area contributed by atoms with Crippen molar-refractivity contribution in [3.05, 3.63) is 108 Å². The number of anilines is 1. The van der Waals surface area contributed by atoms with Gasteiger partial charge in [0.2, 0.25) is 0 Å².